The minimum absolute atomic E-state index is 0.0508. The summed E-state index contributed by atoms with van der Waals surface area (Å²) < 4.78 is 7.40. The number of amidine groups is 1. The van der Waals surface area contributed by atoms with Crippen molar-refractivity contribution in [2.75, 3.05) is 31.5 Å². The molecule has 2 bridgehead atoms. The van der Waals surface area contributed by atoms with Crippen LogP contribution in [0, 0.1) is 5.92 Å². The summed E-state index contributed by atoms with van der Waals surface area (Å²) in [4.78, 5) is 8.79. The number of nitrogens with zero attached hydrogens (tertiary/aromatic N) is 3. The van der Waals surface area contributed by atoms with Crippen LogP contribution in [0.5, 0.6) is 0 Å². The third-order valence-corrected chi connectivity index (χ3v) is 5.55. The Balaban J connectivity index is 1.51. The van der Waals surface area contributed by atoms with Gasteiger partial charge in [0.25, 0.3) is 6.02 Å². The molecule has 1 spiro atoms. The molecule has 0 radical (unpaired) electrons. The van der Waals surface area contributed by atoms with E-state index < -0.39 is 0 Å². The Morgan fingerprint density at radius 2 is 2.32 bits per heavy atom. The van der Waals surface area contributed by atoms with Gasteiger partial charge >= 0.3 is 7.98 Å². The predicted octanol–water partition coefficient (Wildman–Crippen LogP) is 0.468. The van der Waals surface area contributed by atoms with Gasteiger partial charge in [-0.25, -0.2) is 9.98 Å². The fourth-order valence-corrected chi connectivity index (χ4v) is 4.37. The van der Waals surface area contributed by atoms with E-state index in [-0.39, 0.29) is 5.60 Å². The normalized spacial score (nSPS) is 40.2. The molecule has 100 valence electrons. The zero-order chi connectivity index (χ0) is 12.9. The number of aliphatic imine (C=N–C) groups is 1. The van der Waals surface area contributed by atoms with Crippen molar-refractivity contribution in [1.82, 2.24) is 4.98 Å². The second kappa shape index (κ2) is 3.96. The Kier molecular flexibility index (Phi) is 2.44. The van der Waals surface area contributed by atoms with Gasteiger partial charge in [0, 0.05) is 30.3 Å². The largest absolute Gasteiger partial charge is 0.450 e. The van der Waals surface area contributed by atoms with Crippen LogP contribution in [0.25, 0.3) is 0 Å². The second-order valence-corrected chi connectivity index (χ2v) is 7.14. The van der Waals surface area contributed by atoms with Crippen LogP contribution in [0.3, 0.4) is 0 Å². The summed E-state index contributed by atoms with van der Waals surface area (Å²) in [5, 5.41) is 6.00. The van der Waals surface area contributed by atoms with Crippen molar-refractivity contribution < 1.29 is 9.13 Å². The molecule has 1 atom stereocenters. The van der Waals surface area contributed by atoms with E-state index in [1.165, 1.54) is 25.9 Å². The summed E-state index contributed by atoms with van der Waals surface area (Å²) in [5.41, 5.74) is -0.0508. The maximum absolute atomic E-state index is 6.25. The molecular formula is C12H18BN4OS+. The molecule has 7 heteroatoms. The topological polar surface area (TPSA) is 46.5 Å². The van der Waals surface area contributed by atoms with Gasteiger partial charge < -0.3 is 9.13 Å². The van der Waals surface area contributed by atoms with E-state index in [0.29, 0.717) is 11.9 Å². The first-order valence-electron chi connectivity index (χ1n) is 6.91. The number of quaternary nitrogens is 1. The van der Waals surface area contributed by atoms with Crippen LogP contribution < -0.4 is 5.32 Å². The lowest BCUT2D eigenvalue weighted by molar-refractivity contribution is -0.845. The van der Waals surface area contributed by atoms with E-state index in [9.17, 15) is 0 Å². The minimum Gasteiger partial charge on any atom is -0.450 e. The lowest BCUT2D eigenvalue weighted by Gasteiger charge is -2.55. The van der Waals surface area contributed by atoms with E-state index in [2.05, 4.69) is 23.3 Å². The Bertz CT molecular complexity index is 512. The van der Waals surface area contributed by atoms with E-state index in [1.807, 2.05) is 5.38 Å². The molecule has 1 N–H and O–H groups in total. The van der Waals surface area contributed by atoms with Crippen LogP contribution in [0.1, 0.15) is 12.8 Å². The number of anilines is 1. The monoisotopic (exact) mass is 277 g/mol. The quantitative estimate of drug-likeness (QED) is 0.759. The summed E-state index contributed by atoms with van der Waals surface area (Å²) in [5.74, 6) is 0.673. The van der Waals surface area contributed by atoms with Crippen molar-refractivity contribution in [3.63, 3.8) is 0 Å². The van der Waals surface area contributed by atoms with Gasteiger partial charge in [-0.1, -0.05) is 0 Å². The Labute approximate surface area is 117 Å². The molecule has 1 unspecified atom stereocenters. The van der Waals surface area contributed by atoms with Crippen LogP contribution in [0.2, 0.25) is 0 Å². The highest BCUT2D eigenvalue weighted by molar-refractivity contribution is 7.13. The van der Waals surface area contributed by atoms with Crippen LogP contribution in [-0.4, -0.2) is 55.2 Å². The highest BCUT2D eigenvalue weighted by Gasteiger charge is 2.57. The highest BCUT2D eigenvalue weighted by atomic mass is 32.1. The maximum Gasteiger partial charge on any atom is 0.373 e. The first-order chi connectivity index (χ1) is 9.18. The fourth-order valence-electron chi connectivity index (χ4n) is 3.85. The third-order valence-electron chi connectivity index (χ3n) is 4.86. The predicted molar refractivity (Wildman–Crippen MR) is 78.0 cm³/mol. The zero-order valence-corrected chi connectivity index (χ0v) is 11.9. The zero-order valence-electron chi connectivity index (χ0n) is 11.1. The van der Waals surface area contributed by atoms with Crippen LogP contribution >= 0.6 is 11.3 Å². The number of piperidine rings is 3. The van der Waals surface area contributed by atoms with Crippen molar-refractivity contribution in [1.29, 1.82) is 0 Å². The van der Waals surface area contributed by atoms with Crippen LogP contribution in [0.15, 0.2) is 16.6 Å². The van der Waals surface area contributed by atoms with E-state index in [1.54, 1.807) is 17.5 Å². The molecule has 1 aromatic heterocycles. The molecule has 5 rings (SSSR count). The molecular weight excluding hydrogens is 259 g/mol. The van der Waals surface area contributed by atoms with Crippen molar-refractivity contribution in [2.45, 2.75) is 18.4 Å². The lowest BCUT2D eigenvalue weighted by Crippen LogP contribution is -2.69. The van der Waals surface area contributed by atoms with Gasteiger partial charge in [-0.05, 0) is 0 Å². The number of ether oxygens (including phenoxy) is 1. The Morgan fingerprint density at radius 3 is 3.00 bits per heavy atom. The summed E-state index contributed by atoms with van der Waals surface area (Å²) in [6.45, 7) is 4.50. The number of nitrogens with one attached hydrogen (secondary N) is 1. The Hall–Kier alpha value is -1.08. The number of aromatic nitrogens is 1. The molecule has 4 aliphatic heterocycles. The lowest BCUT2D eigenvalue weighted by atomic mass is 9.72. The van der Waals surface area contributed by atoms with E-state index in [4.69, 9.17) is 4.74 Å². The maximum atomic E-state index is 6.25. The molecule has 1 aromatic rings. The van der Waals surface area contributed by atoms with Gasteiger partial charge in [-0.2, -0.15) is 0 Å². The Morgan fingerprint density at radius 1 is 1.47 bits per heavy atom. The SMILES string of the molecule is B[N+]12CCC(CC1)C1(CN=C(Nc3nccs3)O1)C2. The fraction of sp³-hybridized carbons (Fsp3) is 0.667. The van der Waals surface area contributed by atoms with Crippen molar-refractivity contribution in [2.24, 2.45) is 10.9 Å². The van der Waals surface area contributed by atoms with Crippen molar-refractivity contribution in [3.05, 3.63) is 11.6 Å². The molecule has 0 aliphatic carbocycles. The van der Waals surface area contributed by atoms with Crippen LogP contribution in [-0.2, 0) is 4.74 Å². The first-order valence-corrected chi connectivity index (χ1v) is 7.79. The van der Waals surface area contributed by atoms with E-state index >= 15 is 0 Å². The molecule has 3 saturated heterocycles. The summed E-state index contributed by atoms with van der Waals surface area (Å²) in [7, 11) is 2.35. The van der Waals surface area contributed by atoms with Gasteiger partial charge in [-0.3, -0.25) is 5.32 Å². The van der Waals surface area contributed by atoms with Crippen LogP contribution in [0.4, 0.5) is 5.13 Å². The first kappa shape index (κ1) is 11.7. The molecule has 0 saturated carbocycles. The average Bonchev–Trinajstić information content (AvgIpc) is 3.01. The number of thiazole rings is 1. The van der Waals surface area contributed by atoms with Gasteiger partial charge in [0.05, 0.1) is 19.6 Å². The average molecular weight is 277 g/mol. The number of hydrogen-bond acceptors (Lipinski definition) is 5. The highest BCUT2D eigenvalue weighted by Crippen LogP contribution is 2.43. The number of fused-ring (bicyclic) bond motifs is 2. The van der Waals surface area contributed by atoms with E-state index in [0.717, 1.165) is 22.6 Å². The molecule has 5 heterocycles. The third kappa shape index (κ3) is 1.87. The number of hydrogen-bond donors (Lipinski definition) is 1. The number of rotatable bonds is 1. The molecule has 0 amide bonds. The minimum atomic E-state index is -0.0508. The standard InChI is InChI=1S/C12H18BN4OS/c13-17-4-1-9(2-5-17)12(8-17)7-15-10(18-12)16-11-14-3-6-19-11/h3,6,9H,1-2,4-5,7-8,13H2,(H,14,15,16)/q+1. The van der Waals surface area contributed by atoms with Crippen molar-refractivity contribution in [3.8, 4) is 0 Å². The summed E-state index contributed by atoms with van der Waals surface area (Å²) >= 11 is 1.57. The van der Waals surface area contributed by atoms with Gasteiger partial charge in [0.1, 0.15) is 6.54 Å². The molecule has 3 fully saturated rings. The molecule has 19 heavy (non-hydrogen) atoms. The smallest absolute Gasteiger partial charge is 0.373 e. The second-order valence-electron chi connectivity index (χ2n) is 6.25. The van der Waals surface area contributed by atoms with Crippen molar-refractivity contribution >= 4 is 30.5 Å². The summed E-state index contributed by atoms with van der Waals surface area (Å²) in [6, 6.07) is 0.662. The summed E-state index contributed by atoms with van der Waals surface area (Å²) in [6.07, 6.45) is 4.34. The van der Waals surface area contributed by atoms with Gasteiger partial charge in [-0.15, -0.1) is 11.3 Å². The van der Waals surface area contributed by atoms with Gasteiger partial charge in [0.2, 0.25) is 0 Å². The molecule has 0 aromatic carbocycles. The molecule has 4 aliphatic rings. The molecule has 5 nitrogen and oxygen atoms in total. The van der Waals surface area contributed by atoms with Gasteiger partial charge in [0.15, 0.2) is 10.7 Å².